The van der Waals surface area contributed by atoms with Crippen molar-refractivity contribution in [2.75, 3.05) is 7.11 Å². The second kappa shape index (κ2) is 6.52. The molecule has 3 aliphatic rings. The highest BCUT2D eigenvalue weighted by Crippen LogP contribution is 2.46. The first kappa shape index (κ1) is 18.6. The van der Waals surface area contributed by atoms with E-state index in [-0.39, 0.29) is 11.1 Å². The largest absolute Gasteiger partial charge is 0.458 e. The second-order valence-corrected chi connectivity index (χ2v) is 7.22. The summed E-state index contributed by atoms with van der Waals surface area (Å²) in [7, 11) is 1.56. The maximum absolute atomic E-state index is 12.2. The van der Waals surface area contributed by atoms with Gasteiger partial charge in [-0.1, -0.05) is 25.3 Å². The first-order valence-corrected chi connectivity index (χ1v) is 8.52. The SMILES string of the molecule is C=C1C[C@H](OC(=O)C(=C)C)[C@H]2C(=C)C(=O)O[C@@H]2[C@@H]2O[C@](OC)(C=C2C)C1. The summed E-state index contributed by atoms with van der Waals surface area (Å²) >= 11 is 0. The zero-order valence-corrected chi connectivity index (χ0v) is 15.4. The van der Waals surface area contributed by atoms with Crippen LogP contribution in [0.15, 0.2) is 48.1 Å². The molecule has 26 heavy (non-hydrogen) atoms. The Hall–Kier alpha value is -2.18. The molecule has 0 spiro atoms. The van der Waals surface area contributed by atoms with E-state index in [9.17, 15) is 9.59 Å². The molecule has 0 N–H and O–H groups in total. The second-order valence-electron chi connectivity index (χ2n) is 7.22. The summed E-state index contributed by atoms with van der Waals surface area (Å²) in [5.41, 5.74) is 2.23. The molecule has 6 heteroatoms. The van der Waals surface area contributed by atoms with E-state index >= 15 is 0 Å². The van der Waals surface area contributed by atoms with Crippen LogP contribution < -0.4 is 0 Å². The van der Waals surface area contributed by atoms with Crippen molar-refractivity contribution in [1.29, 1.82) is 0 Å². The van der Waals surface area contributed by atoms with Crippen LogP contribution in [-0.4, -0.2) is 43.1 Å². The summed E-state index contributed by atoms with van der Waals surface area (Å²) in [6.07, 6.45) is 0.884. The van der Waals surface area contributed by atoms with Gasteiger partial charge < -0.3 is 18.9 Å². The van der Waals surface area contributed by atoms with Gasteiger partial charge in [-0.05, 0) is 25.5 Å². The number of hydrogen-bond donors (Lipinski definition) is 0. The Morgan fingerprint density at radius 1 is 1.38 bits per heavy atom. The molecular formula is C20H24O6. The normalized spacial score (nSPS) is 36.4. The van der Waals surface area contributed by atoms with E-state index in [1.807, 2.05) is 13.0 Å². The zero-order valence-electron chi connectivity index (χ0n) is 15.4. The molecule has 0 aromatic rings. The van der Waals surface area contributed by atoms with Gasteiger partial charge in [0.1, 0.15) is 18.3 Å². The molecule has 0 amide bonds. The van der Waals surface area contributed by atoms with Gasteiger partial charge in [0.05, 0.1) is 5.92 Å². The molecule has 2 bridgehead atoms. The summed E-state index contributed by atoms with van der Waals surface area (Å²) in [5, 5.41) is 0. The lowest BCUT2D eigenvalue weighted by molar-refractivity contribution is -0.211. The van der Waals surface area contributed by atoms with Crippen molar-refractivity contribution < 1.29 is 28.5 Å². The third kappa shape index (κ3) is 3.04. The molecule has 2 saturated heterocycles. The van der Waals surface area contributed by atoms with Crippen molar-refractivity contribution in [2.24, 2.45) is 5.92 Å². The Balaban J connectivity index is 2.03. The van der Waals surface area contributed by atoms with Crippen LogP contribution >= 0.6 is 0 Å². The number of rotatable bonds is 3. The van der Waals surface area contributed by atoms with Crippen molar-refractivity contribution in [3.63, 3.8) is 0 Å². The van der Waals surface area contributed by atoms with Gasteiger partial charge in [0, 0.05) is 31.1 Å². The third-order valence-electron chi connectivity index (χ3n) is 5.12. The molecule has 0 saturated carbocycles. The quantitative estimate of drug-likeness (QED) is 0.438. The van der Waals surface area contributed by atoms with Gasteiger partial charge in [0.2, 0.25) is 0 Å². The number of carbonyl (C=O) groups excluding carboxylic acids is 2. The predicted molar refractivity (Wildman–Crippen MR) is 93.9 cm³/mol. The molecule has 0 aromatic carbocycles. The fraction of sp³-hybridized carbons (Fsp3) is 0.500. The minimum absolute atomic E-state index is 0.274. The van der Waals surface area contributed by atoms with E-state index in [4.69, 9.17) is 18.9 Å². The van der Waals surface area contributed by atoms with Crippen LogP contribution in [0.25, 0.3) is 0 Å². The first-order chi connectivity index (χ1) is 12.2. The van der Waals surface area contributed by atoms with Crippen LogP contribution in [0.3, 0.4) is 0 Å². The summed E-state index contributed by atoms with van der Waals surface area (Å²) in [4.78, 5) is 24.4. The molecule has 0 aromatic heterocycles. The van der Waals surface area contributed by atoms with Crippen LogP contribution in [0.1, 0.15) is 26.7 Å². The van der Waals surface area contributed by atoms with E-state index in [2.05, 4.69) is 19.7 Å². The summed E-state index contributed by atoms with van der Waals surface area (Å²) in [5.74, 6) is -2.51. The maximum atomic E-state index is 12.2. The summed E-state index contributed by atoms with van der Waals surface area (Å²) in [6, 6.07) is 0. The Bertz CT molecular complexity index is 733. The number of carbonyl (C=O) groups is 2. The Morgan fingerprint density at radius 3 is 2.69 bits per heavy atom. The molecule has 3 aliphatic heterocycles. The highest BCUT2D eigenvalue weighted by atomic mass is 16.7. The number of ether oxygens (including phenoxy) is 4. The van der Waals surface area contributed by atoms with Gasteiger partial charge >= 0.3 is 11.9 Å². The van der Waals surface area contributed by atoms with Crippen LogP contribution in [0.2, 0.25) is 0 Å². The zero-order chi connectivity index (χ0) is 19.2. The number of hydrogen-bond acceptors (Lipinski definition) is 6. The Labute approximate surface area is 153 Å². The van der Waals surface area contributed by atoms with Crippen LogP contribution in [0.5, 0.6) is 0 Å². The van der Waals surface area contributed by atoms with Crippen molar-refractivity contribution in [2.45, 2.75) is 50.8 Å². The Kier molecular flexibility index (Phi) is 4.67. The monoisotopic (exact) mass is 360 g/mol. The lowest BCUT2D eigenvalue weighted by Crippen LogP contribution is -2.41. The van der Waals surface area contributed by atoms with Crippen LogP contribution in [0.4, 0.5) is 0 Å². The number of esters is 2. The molecule has 0 radical (unpaired) electrons. The van der Waals surface area contributed by atoms with Gasteiger partial charge in [-0.25, -0.2) is 9.59 Å². The molecule has 140 valence electrons. The smallest absolute Gasteiger partial charge is 0.334 e. The molecule has 6 nitrogen and oxygen atoms in total. The molecule has 5 atom stereocenters. The summed E-state index contributed by atoms with van der Waals surface area (Å²) < 4.78 is 23.0. The predicted octanol–water partition coefficient (Wildman–Crippen LogP) is 2.61. The highest BCUT2D eigenvalue weighted by molar-refractivity contribution is 5.91. The van der Waals surface area contributed by atoms with Gasteiger partial charge in [0.25, 0.3) is 0 Å². The third-order valence-corrected chi connectivity index (χ3v) is 5.12. The highest BCUT2D eigenvalue weighted by Gasteiger charge is 2.54. The van der Waals surface area contributed by atoms with Gasteiger partial charge in [0.15, 0.2) is 5.79 Å². The lowest BCUT2D eigenvalue weighted by Gasteiger charge is -2.30. The minimum Gasteiger partial charge on any atom is -0.458 e. The van der Waals surface area contributed by atoms with Gasteiger partial charge in [-0.3, -0.25) is 0 Å². The van der Waals surface area contributed by atoms with Crippen molar-refractivity contribution in [3.05, 3.63) is 48.1 Å². The Morgan fingerprint density at radius 2 is 2.08 bits per heavy atom. The van der Waals surface area contributed by atoms with E-state index in [1.165, 1.54) is 0 Å². The molecule has 0 aliphatic carbocycles. The van der Waals surface area contributed by atoms with E-state index < -0.39 is 42.0 Å². The van der Waals surface area contributed by atoms with Crippen LogP contribution in [-0.2, 0) is 28.5 Å². The van der Waals surface area contributed by atoms with Crippen molar-refractivity contribution in [1.82, 2.24) is 0 Å². The topological polar surface area (TPSA) is 71.1 Å². The molecule has 3 rings (SSSR count). The average molecular weight is 360 g/mol. The van der Waals surface area contributed by atoms with Crippen LogP contribution in [0, 0.1) is 5.92 Å². The number of methoxy groups -OCH3 is 1. The molecule has 2 fully saturated rings. The maximum Gasteiger partial charge on any atom is 0.334 e. The van der Waals surface area contributed by atoms with E-state index in [0.29, 0.717) is 12.8 Å². The summed E-state index contributed by atoms with van der Waals surface area (Å²) in [6.45, 7) is 15.1. The number of fused-ring (bicyclic) bond motifs is 4. The fourth-order valence-corrected chi connectivity index (χ4v) is 3.85. The average Bonchev–Trinajstić information content (AvgIpc) is 3.04. The van der Waals surface area contributed by atoms with E-state index in [1.54, 1.807) is 14.0 Å². The standard InChI is InChI=1S/C20H24O6/c1-10(2)18(21)24-14-7-11(3)8-20(23-6)9-12(4)16(26-20)17-15(14)13(5)19(22)25-17/h9,14-17H,1,3,5,7-8H2,2,4,6H3/t14-,15+,16+,17-,20-/m0/s1. The van der Waals surface area contributed by atoms with Gasteiger partial charge in [-0.2, -0.15) is 0 Å². The van der Waals surface area contributed by atoms with E-state index in [0.717, 1.165) is 11.1 Å². The fourth-order valence-electron chi connectivity index (χ4n) is 3.85. The van der Waals surface area contributed by atoms with Crippen molar-refractivity contribution >= 4 is 11.9 Å². The minimum atomic E-state index is -0.958. The van der Waals surface area contributed by atoms with Crippen molar-refractivity contribution in [3.8, 4) is 0 Å². The molecule has 3 heterocycles. The molecular weight excluding hydrogens is 336 g/mol. The van der Waals surface area contributed by atoms with Gasteiger partial charge in [-0.15, -0.1) is 0 Å². The lowest BCUT2D eigenvalue weighted by atomic mass is 9.83. The first-order valence-electron chi connectivity index (χ1n) is 8.52. The molecule has 0 unspecified atom stereocenters.